The first kappa shape index (κ1) is 10.0. The summed E-state index contributed by atoms with van der Waals surface area (Å²) in [5.41, 5.74) is -0.0613. The minimum Gasteiger partial charge on any atom is -0.507 e. The molecule has 0 saturated heterocycles. The van der Waals surface area contributed by atoms with Gasteiger partial charge in [0, 0.05) is 6.92 Å². The third-order valence-electron chi connectivity index (χ3n) is 1.36. The van der Waals surface area contributed by atoms with Crippen LogP contribution in [0, 0.1) is 0 Å². The SMILES string of the molecule is CC(=O)OOC(=O)c1ccccc1O. The van der Waals surface area contributed by atoms with Crippen LogP contribution in [0.25, 0.3) is 0 Å². The zero-order chi connectivity index (χ0) is 10.6. The lowest BCUT2D eigenvalue weighted by Crippen LogP contribution is -2.09. The molecule has 0 aliphatic heterocycles. The Balaban J connectivity index is 2.70. The highest BCUT2D eigenvalue weighted by atomic mass is 17.2. The van der Waals surface area contributed by atoms with Gasteiger partial charge in [0.2, 0.25) is 0 Å². The van der Waals surface area contributed by atoms with Crippen LogP contribution < -0.4 is 0 Å². The van der Waals surface area contributed by atoms with E-state index in [9.17, 15) is 14.7 Å². The summed E-state index contributed by atoms with van der Waals surface area (Å²) in [6, 6.07) is 5.77. The van der Waals surface area contributed by atoms with E-state index in [2.05, 4.69) is 9.78 Å². The van der Waals surface area contributed by atoms with Gasteiger partial charge >= 0.3 is 11.9 Å². The topological polar surface area (TPSA) is 72.8 Å². The molecule has 5 nitrogen and oxygen atoms in total. The molecule has 1 aromatic rings. The summed E-state index contributed by atoms with van der Waals surface area (Å²) in [5, 5.41) is 9.20. The van der Waals surface area contributed by atoms with E-state index in [0.717, 1.165) is 6.92 Å². The molecule has 0 aliphatic rings. The summed E-state index contributed by atoms with van der Waals surface area (Å²) < 4.78 is 0. The highest BCUT2D eigenvalue weighted by Gasteiger charge is 2.13. The van der Waals surface area contributed by atoms with Gasteiger partial charge in [-0.25, -0.2) is 19.4 Å². The molecule has 1 aromatic carbocycles. The maximum Gasteiger partial charge on any atom is 0.390 e. The van der Waals surface area contributed by atoms with Crippen LogP contribution in [0.2, 0.25) is 0 Å². The van der Waals surface area contributed by atoms with Crippen LogP contribution in [0.4, 0.5) is 0 Å². The summed E-state index contributed by atoms with van der Waals surface area (Å²) >= 11 is 0. The van der Waals surface area contributed by atoms with Crippen LogP contribution in [0.1, 0.15) is 17.3 Å². The highest BCUT2D eigenvalue weighted by Crippen LogP contribution is 2.16. The molecule has 0 fully saturated rings. The van der Waals surface area contributed by atoms with E-state index in [0.29, 0.717) is 0 Å². The normalized spacial score (nSPS) is 9.21. The van der Waals surface area contributed by atoms with Gasteiger partial charge in [-0.05, 0) is 12.1 Å². The van der Waals surface area contributed by atoms with E-state index >= 15 is 0 Å². The molecule has 5 heteroatoms. The fourth-order valence-electron chi connectivity index (χ4n) is 0.788. The van der Waals surface area contributed by atoms with Crippen molar-refractivity contribution in [1.82, 2.24) is 0 Å². The smallest absolute Gasteiger partial charge is 0.390 e. The Labute approximate surface area is 79.8 Å². The van der Waals surface area contributed by atoms with E-state index in [1.54, 1.807) is 12.1 Å². The van der Waals surface area contributed by atoms with E-state index in [1.165, 1.54) is 12.1 Å². The van der Waals surface area contributed by atoms with Crippen LogP contribution in [0.15, 0.2) is 24.3 Å². The van der Waals surface area contributed by atoms with Gasteiger partial charge in [-0.15, -0.1) is 0 Å². The molecule has 0 radical (unpaired) electrons. The van der Waals surface area contributed by atoms with Crippen molar-refractivity contribution < 1.29 is 24.5 Å². The summed E-state index contributed by atoms with van der Waals surface area (Å²) in [6.07, 6.45) is 0. The Morgan fingerprint density at radius 3 is 2.43 bits per heavy atom. The maximum absolute atomic E-state index is 11.1. The molecular weight excluding hydrogens is 188 g/mol. The number of hydrogen-bond acceptors (Lipinski definition) is 5. The van der Waals surface area contributed by atoms with E-state index in [-0.39, 0.29) is 11.3 Å². The fraction of sp³-hybridized carbons (Fsp3) is 0.111. The number of hydrogen-bond donors (Lipinski definition) is 1. The van der Waals surface area contributed by atoms with Crippen molar-refractivity contribution >= 4 is 11.9 Å². The van der Waals surface area contributed by atoms with Crippen molar-refractivity contribution in [1.29, 1.82) is 0 Å². The number of benzene rings is 1. The van der Waals surface area contributed by atoms with E-state index < -0.39 is 11.9 Å². The van der Waals surface area contributed by atoms with E-state index in [4.69, 9.17) is 0 Å². The Morgan fingerprint density at radius 1 is 1.21 bits per heavy atom. The lowest BCUT2D eigenvalue weighted by Gasteiger charge is -2.02. The maximum atomic E-state index is 11.1. The predicted octanol–water partition coefficient (Wildman–Crippen LogP) is 1.03. The number of carbonyl (C=O) groups excluding carboxylic acids is 2. The monoisotopic (exact) mass is 196 g/mol. The summed E-state index contributed by atoms with van der Waals surface area (Å²) in [4.78, 5) is 29.5. The molecule has 0 saturated carbocycles. The molecule has 0 aliphatic carbocycles. The average molecular weight is 196 g/mol. The molecule has 0 heterocycles. The van der Waals surface area contributed by atoms with Crippen molar-refractivity contribution in [2.45, 2.75) is 6.92 Å². The first-order chi connectivity index (χ1) is 6.61. The van der Waals surface area contributed by atoms with Crippen molar-refractivity contribution in [3.8, 4) is 5.75 Å². The van der Waals surface area contributed by atoms with Crippen molar-refractivity contribution in [2.75, 3.05) is 0 Å². The Hall–Kier alpha value is -2.04. The van der Waals surface area contributed by atoms with Crippen LogP contribution in [-0.2, 0) is 14.6 Å². The lowest BCUT2D eigenvalue weighted by atomic mass is 10.2. The van der Waals surface area contributed by atoms with Crippen molar-refractivity contribution in [2.24, 2.45) is 0 Å². The van der Waals surface area contributed by atoms with Crippen LogP contribution in [-0.4, -0.2) is 17.0 Å². The third-order valence-corrected chi connectivity index (χ3v) is 1.36. The molecule has 0 amide bonds. The van der Waals surface area contributed by atoms with Gasteiger partial charge in [-0.1, -0.05) is 12.1 Å². The second-order valence-electron chi connectivity index (χ2n) is 2.46. The molecule has 74 valence electrons. The number of carbonyl (C=O) groups is 2. The Kier molecular flexibility index (Phi) is 3.06. The second-order valence-corrected chi connectivity index (χ2v) is 2.46. The molecule has 0 spiro atoms. The van der Waals surface area contributed by atoms with Gasteiger partial charge in [-0.3, -0.25) is 0 Å². The lowest BCUT2D eigenvalue weighted by molar-refractivity contribution is -0.231. The highest BCUT2D eigenvalue weighted by molar-refractivity contribution is 5.92. The van der Waals surface area contributed by atoms with Gasteiger partial charge in [0.1, 0.15) is 11.3 Å². The minimum absolute atomic E-state index is 0.0613. The van der Waals surface area contributed by atoms with Crippen molar-refractivity contribution in [3.63, 3.8) is 0 Å². The van der Waals surface area contributed by atoms with Gasteiger partial charge in [0.25, 0.3) is 0 Å². The van der Waals surface area contributed by atoms with Gasteiger partial charge in [0.05, 0.1) is 0 Å². The Morgan fingerprint density at radius 2 is 1.86 bits per heavy atom. The van der Waals surface area contributed by atoms with Gasteiger partial charge < -0.3 is 5.11 Å². The number of rotatable bonds is 1. The average Bonchev–Trinajstić information content (AvgIpc) is 2.15. The number of phenols is 1. The van der Waals surface area contributed by atoms with Crippen LogP contribution in [0.3, 0.4) is 0 Å². The zero-order valence-electron chi connectivity index (χ0n) is 7.39. The summed E-state index contributed by atoms with van der Waals surface area (Å²) in [5.74, 6) is -1.89. The molecule has 1 N–H and O–H groups in total. The molecule has 0 bridgehead atoms. The number of aromatic hydroxyl groups is 1. The number of para-hydroxylation sites is 1. The van der Waals surface area contributed by atoms with E-state index in [1.807, 2.05) is 0 Å². The quantitative estimate of drug-likeness (QED) is 0.536. The molecule has 0 unspecified atom stereocenters. The van der Waals surface area contributed by atoms with Crippen LogP contribution >= 0.6 is 0 Å². The van der Waals surface area contributed by atoms with Crippen LogP contribution in [0.5, 0.6) is 5.75 Å². The predicted molar refractivity (Wildman–Crippen MR) is 45.3 cm³/mol. The zero-order valence-corrected chi connectivity index (χ0v) is 7.39. The fourth-order valence-corrected chi connectivity index (χ4v) is 0.788. The van der Waals surface area contributed by atoms with Gasteiger partial charge in [0.15, 0.2) is 0 Å². The summed E-state index contributed by atoms with van der Waals surface area (Å²) in [6.45, 7) is 1.10. The molecular formula is C9H8O5. The standard InChI is InChI=1S/C9H8O5/c1-6(10)13-14-9(12)7-4-2-3-5-8(7)11/h2-5,11H,1H3. The van der Waals surface area contributed by atoms with Crippen molar-refractivity contribution in [3.05, 3.63) is 29.8 Å². The molecule has 14 heavy (non-hydrogen) atoms. The largest absolute Gasteiger partial charge is 0.507 e. The molecule has 0 aromatic heterocycles. The third kappa shape index (κ3) is 2.48. The second kappa shape index (κ2) is 4.27. The molecule has 1 rings (SSSR count). The minimum atomic E-state index is -0.918. The van der Waals surface area contributed by atoms with Gasteiger partial charge in [-0.2, -0.15) is 0 Å². The Bertz CT molecular complexity index is 358. The summed E-state index contributed by atoms with van der Waals surface area (Å²) in [7, 11) is 0. The molecule has 0 atom stereocenters. The first-order valence-electron chi connectivity index (χ1n) is 3.78. The first-order valence-corrected chi connectivity index (χ1v) is 3.78. The number of phenolic OH excluding ortho intramolecular Hbond substituents is 1.